The molecule has 1 aromatic rings. The zero-order valence-electron chi connectivity index (χ0n) is 10.7. The lowest BCUT2D eigenvalue weighted by Gasteiger charge is -2.06. The molecule has 106 valence electrons. The highest BCUT2D eigenvalue weighted by atomic mass is 32.2. The Labute approximate surface area is 116 Å². The Morgan fingerprint density at radius 3 is 2.84 bits per heavy atom. The molecule has 0 aliphatic rings. The van der Waals surface area contributed by atoms with Gasteiger partial charge >= 0.3 is 5.97 Å². The number of thiazole rings is 1. The number of carbonyl (C=O) groups is 1. The van der Waals surface area contributed by atoms with Crippen molar-refractivity contribution in [1.82, 2.24) is 4.98 Å². The Hall–Kier alpha value is -1.41. The fraction of sp³-hybridized carbons (Fsp3) is 0.455. The fourth-order valence-corrected chi connectivity index (χ4v) is 3.46. The first-order valence-corrected chi connectivity index (χ1v) is 8.12. The zero-order valence-corrected chi connectivity index (χ0v) is 12.3. The van der Waals surface area contributed by atoms with Gasteiger partial charge in [0.2, 0.25) is 10.0 Å². The van der Waals surface area contributed by atoms with Crippen molar-refractivity contribution in [2.75, 3.05) is 10.5 Å². The summed E-state index contributed by atoms with van der Waals surface area (Å²) in [7, 11) is -3.39. The van der Waals surface area contributed by atoms with E-state index in [2.05, 4.69) is 9.71 Å². The maximum absolute atomic E-state index is 11.7. The molecule has 19 heavy (non-hydrogen) atoms. The molecule has 1 rings (SSSR count). The summed E-state index contributed by atoms with van der Waals surface area (Å²) in [6.07, 6.45) is 4.34. The number of sulfonamides is 1. The topological polar surface area (TPSA) is 96.4 Å². The second-order valence-corrected chi connectivity index (χ2v) is 7.25. The average Bonchev–Trinajstić information content (AvgIpc) is 2.71. The van der Waals surface area contributed by atoms with Crippen LogP contribution >= 0.6 is 11.3 Å². The minimum Gasteiger partial charge on any atom is -0.478 e. The smallest absolute Gasteiger partial charge is 0.328 e. The van der Waals surface area contributed by atoms with Crippen molar-refractivity contribution >= 4 is 38.5 Å². The monoisotopic (exact) mass is 304 g/mol. The molecule has 0 atom stereocenters. The summed E-state index contributed by atoms with van der Waals surface area (Å²) in [6, 6.07) is 0. The largest absolute Gasteiger partial charge is 0.478 e. The first-order valence-electron chi connectivity index (χ1n) is 5.66. The molecule has 0 amide bonds. The van der Waals surface area contributed by atoms with Crippen molar-refractivity contribution in [1.29, 1.82) is 0 Å². The molecule has 0 saturated carbocycles. The molecular formula is C11H16N2O4S2. The van der Waals surface area contributed by atoms with Crippen LogP contribution in [0.25, 0.3) is 6.08 Å². The van der Waals surface area contributed by atoms with E-state index in [1.165, 1.54) is 12.3 Å². The molecule has 0 saturated heterocycles. The van der Waals surface area contributed by atoms with E-state index in [0.717, 1.165) is 17.4 Å². The predicted molar refractivity (Wildman–Crippen MR) is 75.6 cm³/mol. The van der Waals surface area contributed by atoms with Gasteiger partial charge in [-0.05, 0) is 18.4 Å². The van der Waals surface area contributed by atoms with Crippen LogP contribution in [0.4, 0.5) is 5.13 Å². The van der Waals surface area contributed by atoms with Crippen LogP contribution in [0, 0.1) is 5.92 Å². The number of rotatable bonds is 7. The third-order valence-corrected chi connectivity index (χ3v) is 4.41. The SMILES string of the molecule is CC(C)CCS(=O)(=O)Nc1ncc(C=CC(=O)O)s1. The Balaban J connectivity index is 2.65. The normalized spacial score (nSPS) is 12.2. The van der Waals surface area contributed by atoms with Crippen LogP contribution in [-0.2, 0) is 14.8 Å². The maximum Gasteiger partial charge on any atom is 0.328 e. The summed E-state index contributed by atoms with van der Waals surface area (Å²) in [5, 5.41) is 8.72. The number of hydrogen-bond acceptors (Lipinski definition) is 5. The van der Waals surface area contributed by atoms with Gasteiger partial charge in [0, 0.05) is 17.2 Å². The van der Waals surface area contributed by atoms with Crippen LogP contribution in [0.15, 0.2) is 12.3 Å². The van der Waals surface area contributed by atoms with Crippen LogP contribution in [0.2, 0.25) is 0 Å². The summed E-state index contributed by atoms with van der Waals surface area (Å²) < 4.78 is 25.8. The summed E-state index contributed by atoms with van der Waals surface area (Å²) in [5.41, 5.74) is 0. The van der Waals surface area contributed by atoms with Crippen LogP contribution < -0.4 is 4.72 Å². The molecule has 0 spiro atoms. The van der Waals surface area contributed by atoms with E-state index in [1.807, 2.05) is 13.8 Å². The number of hydrogen-bond donors (Lipinski definition) is 2. The van der Waals surface area contributed by atoms with E-state index in [-0.39, 0.29) is 10.9 Å². The molecule has 0 aromatic carbocycles. The van der Waals surface area contributed by atoms with Crippen molar-refractivity contribution in [2.24, 2.45) is 5.92 Å². The molecule has 8 heteroatoms. The van der Waals surface area contributed by atoms with Gasteiger partial charge in [-0.2, -0.15) is 0 Å². The summed E-state index contributed by atoms with van der Waals surface area (Å²) >= 11 is 1.08. The van der Waals surface area contributed by atoms with Crippen molar-refractivity contribution in [3.05, 3.63) is 17.2 Å². The van der Waals surface area contributed by atoms with Crippen LogP contribution in [0.1, 0.15) is 25.1 Å². The minimum absolute atomic E-state index is 0.0462. The number of carboxylic acids is 1. The number of aliphatic carboxylic acids is 1. The Morgan fingerprint density at radius 2 is 2.26 bits per heavy atom. The standard InChI is InChI=1S/C11H16N2O4S2/c1-8(2)5-6-19(16,17)13-11-12-7-9(18-11)3-4-10(14)15/h3-4,7-8H,5-6H2,1-2H3,(H,12,13)(H,14,15). The number of anilines is 1. The average molecular weight is 304 g/mol. The molecule has 0 aliphatic heterocycles. The third kappa shape index (κ3) is 6.35. The zero-order chi connectivity index (χ0) is 14.5. The number of nitrogens with one attached hydrogen (secondary N) is 1. The Morgan fingerprint density at radius 1 is 1.58 bits per heavy atom. The predicted octanol–water partition coefficient (Wildman–Crippen LogP) is 2.03. The number of aromatic nitrogens is 1. The molecule has 0 fully saturated rings. The number of carboxylic acid groups (broad SMARTS) is 1. The maximum atomic E-state index is 11.7. The van der Waals surface area contributed by atoms with Gasteiger partial charge in [-0.15, -0.1) is 0 Å². The van der Waals surface area contributed by atoms with Gasteiger partial charge in [0.25, 0.3) is 0 Å². The van der Waals surface area contributed by atoms with E-state index >= 15 is 0 Å². The Bertz CT molecular complexity index is 561. The third-order valence-electron chi connectivity index (χ3n) is 2.12. The second-order valence-electron chi connectivity index (χ2n) is 4.34. The summed E-state index contributed by atoms with van der Waals surface area (Å²) in [4.78, 5) is 14.8. The van der Waals surface area contributed by atoms with E-state index < -0.39 is 16.0 Å². The van der Waals surface area contributed by atoms with E-state index in [0.29, 0.717) is 17.2 Å². The molecule has 0 radical (unpaired) electrons. The van der Waals surface area contributed by atoms with Crippen molar-refractivity contribution < 1.29 is 18.3 Å². The molecule has 1 heterocycles. The quantitative estimate of drug-likeness (QED) is 0.751. The van der Waals surface area contributed by atoms with E-state index in [9.17, 15) is 13.2 Å². The first-order chi connectivity index (χ1) is 8.78. The van der Waals surface area contributed by atoms with Gasteiger partial charge in [0.15, 0.2) is 5.13 Å². The lowest BCUT2D eigenvalue weighted by molar-refractivity contribution is -0.131. The summed E-state index contributed by atoms with van der Waals surface area (Å²) in [6.45, 7) is 3.90. The highest BCUT2D eigenvalue weighted by Gasteiger charge is 2.13. The minimum atomic E-state index is -3.39. The molecule has 0 bridgehead atoms. The number of nitrogens with zero attached hydrogens (tertiary/aromatic N) is 1. The van der Waals surface area contributed by atoms with Gasteiger partial charge in [-0.25, -0.2) is 18.2 Å². The Kier molecular flexibility index (Phi) is 5.49. The van der Waals surface area contributed by atoms with Crippen LogP contribution in [0.3, 0.4) is 0 Å². The lowest BCUT2D eigenvalue weighted by Crippen LogP contribution is -2.17. The highest BCUT2D eigenvalue weighted by Crippen LogP contribution is 2.20. The molecule has 6 nitrogen and oxygen atoms in total. The molecule has 1 aromatic heterocycles. The highest BCUT2D eigenvalue weighted by molar-refractivity contribution is 7.92. The van der Waals surface area contributed by atoms with Crippen LogP contribution in [0.5, 0.6) is 0 Å². The summed E-state index contributed by atoms with van der Waals surface area (Å²) in [5.74, 6) is -0.709. The van der Waals surface area contributed by atoms with Gasteiger partial charge < -0.3 is 5.11 Å². The lowest BCUT2D eigenvalue weighted by atomic mass is 10.2. The van der Waals surface area contributed by atoms with Crippen molar-refractivity contribution in [2.45, 2.75) is 20.3 Å². The van der Waals surface area contributed by atoms with Gasteiger partial charge in [-0.3, -0.25) is 4.72 Å². The van der Waals surface area contributed by atoms with Gasteiger partial charge in [0.1, 0.15) is 0 Å². The molecular weight excluding hydrogens is 288 g/mol. The molecule has 0 aliphatic carbocycles. The van der Waals surface area contributed by atoms with Gasteiger partial charge in [0.05, 0.1) is 5.75 Å². The van der Waals surface area contributed by atoms with E-state index in [1.54, 1.807) is 0 Å². The second kappa shape index (κ2) is 6.67. The van der Waals surface area contributed by atoms with Crippen molar-refractivity contribution in [3.63, 3.8) is 0 Å². The van der Waals surface area contributed by atoms with Gasteiger partial charge in [-0.1, -0.05) is 25.2 Å². The first kappa shape index (κ1) is 15.6. The fourth-order valence-electron chi connectivity index (χ4n) is 1.14. The van der Waals surface area contributed by atoms with Crippen LogP contribution in [-0.4, -0.2) is 30.2 Å². The van der Waals surface area contributed by atoms with Crippen molar-refractivity contribution in [3.8, 4) is 0 Å². The molecule has 0 unspecified atom stereocenters. The van der Waals surface area contributed by atoms with E-state index in [4.69, 9.17) is 5.11 Å². The molecule has 2 N–H and O–H groups in total.